The molecule has 2 amide bonds. The Kier molecular flexibility index (Phi) is 5.34. The van der Waals surface area contributed by atoms with Gasteiger partial charge in [0, 0.05) is 30.0 Å². The number of hydrogen-bond acceptors (Lipinski definition) is 4. The number of nitrogens with one attached hydrogen (secondary N) is 1. The predicted octanol–water partition coefficient (Wildman–Crippen LogP) is 4.89. The van der Waals surface area contributed by atoms with Gasteiger partial charge in [0.25, 0.3) is 5.91 Å². The van der Waals surface area contributed by atoms with Crippen LogP contribution in [0.5, 0.6) is 0 Å². The molecular formula is C34H29N3O3. The normalized spacial score (nSPS) is 26.6. The molecule has 0 aliphatic carbocycles. The van der Waals surface area contributed by atoms with Gasteiger partial charge in [-0.1, -0.05) is 97.1 Å². The number of likely N-dealkylation sites (N-methyl/N-ethyl adjacent to an activating group) is 1. The molecule has 3 heterocycles. The van der Waals surface area contributed by atoms with Gasteiger partial charge in [-0.05, 0) is 35.7 Å². The summed E-state index contributed by atoms with van der Waals surface area (Å²) in [5, 5.41) is 3.68. The molecule has 4 aromatic carbocycles. The maximum absolute atomic E-state index is 15.3. The van der Waals surface area contributed by atoms with Crippen LogP contribution in [0.3, 0.4) is 0 Å². The number of para-hydroxylation sites is 2. The zero-order chi connectivity index (χ0) is 27.6. The molecule has 6 heteroatoms. The van der Waals surface area contributed by atoms with E-state index in [0.717, 1.165) is 28.1 Å². The highest BCUT2D eigenvalue weighted by atomic mass is 16.2. The molecule has 4 atom stereocenters. The molecule has 4 aromatic rings. The van der Waals surface area contributed by atoms with Crippen LogP contribution in [-0.4, -0.2) is 24.6 Å². The van der Waals surface area contributed by atoms with E-state index >= 15 is 4.79 Å². The Hall–Kier alpha value is -4.55. The molecular weight excluding hydrogens is 498 g/mol. The third-order valence-electron chi connectivity index (χ3n) is 9.04. The lowest BCUT2D eigenvalue weighted by Crippen LogP contribution is -2.63. The summed E-state index contributed by atoms with van der Waals surface area (Å²) in [6.45, 7) is 1.88. The lowest BCUT2D eigenvalue weighted by atomic mass is 9.58. The number of Topliss-reactive ketones (excluding diaryl/α,β-unsaturated/α-hetero) is 1. The Morgan fingerprint density at radius 2 is 1.32 bits per heavy atom. The van der Waals surface area contributed by atoms with Gasteiger partial charge < -0.3 is 9.80 Å². The number of fused-ring (bicyclic) bond motifs is 5. The van der Waals surface area contributed by atoms with E-state index in [4.69, 9.17) is 0 Å². The number of ketones is 1. The first-order valence-electron chi connectivity index (χ1n) is 13.6. The topological polar surface area (TPSA) is 69.7 Å². The minimum absolute atomic E-state index is 0.136. The van der Waals surface area contributed by atoms with Crippen molar-refractivity contribution in [3.63, 3.8) is 0 Å². The highest BCUT2D eigenvalue weighted by molar-refractivity contribution is 6.20. The van der Waals surface area contributed by atoms with Gasteiger partial charge in [-0.3, -0.25) is 19.7 Å². The lowest BCUT2D eigenvalue weighted by molar-refractivity contribution is -0.138. The van der Waals surface area contributed by atoms with Crippen molar-refractivity contribution in [2.75, 3.05) is 16.8 Å². The summed E-state index contributed by atoms with van der Waals surface area (Å²) in [4.78, 5) is 47.3. The first kappa shape index (κ1) is 24.5. The van der Waals surface area contributed by atoms with Gasteiger partial charge in [0.15, 0.2) is 0 Å². The summed E-state index contributed by atoms with van der Waals surface area (Å²) in [6.07, 6.45) is 0. The largest absolute Gasteiger partial charge is 0.313 e. The zero-order valence-corrected chi connectivity index (χ0v) is 22.4. The lowest BCUT2D eigenvalue weighted by Gasteiger charge is -2.40. The highest BCUT2D eigenvalue weighted by Crippen LogP contribution is 2.66. The highest BCUT2D eigenvalue weighted by Gasteiger charge is 2.79. The van der Waals surface area contributed by atoms with Gasteiger partial charge in [-0.15, -0.1) is 0 Å². The van der Waals surface area contributed by atoms with Crippen LogP contribution < -0.4 is 15.1 Å². The quantitative estimate of drug-likeness (QED) is 0.410. The smallest absolute Gasteiger partial charge is 0.253 e. The SMILES string of the molecule is CC(=O)[C@@H]1[C@@H](c2ccccc2)N[C@]2(C(=O)N(C)c3ccccc32)[C@@]12C(=O)N(Cc1ccccc1)c1ccccc12. The minimum atomic E-state index is -1.50. The molecule has 1 saturated heterocycles. The number of hydrogen-bond donors (Lipinski definition) is 1. The van der Waals surface area contributed by atoms with Crippen molar-refractivity contribution in [2.45, 2.75) is 30.5 Å². The summed E-state index contributed by atoms with van der Waals surface area (Å²) < 4.78 is 0. The van der Waals surface area contributed by atoms with Crippen LogP contribution >= 0.6 is 0 Å². The van der Waals surface area contributed by atoms with Gasteiger partial charge in [-0.2, -0.15) is 0 Å². The molecule has 0 unspecified atom stereocenters. The Balaban J connectivity index is 1.57. The molecule has 0 bridgehead atoms. The van der Waals surface area contributed by atoms with Crippen LogP contribution in [-0.2, 0) is 31.9 Å². The third-order valence-corrected chi connectivity index (χ3v) is 9.04. The van der Waals surface area contributed by atoms with E-state index in [1.807, 2.05) is 109 Å². The zero-order valence-electron chi connectivity index (χ0n) is 22.4. The van der Waals surface area contributed by atoms with Gasteiger partial charge >= 0.3 is 0 Å². The summed E-state index contributed by atoms with van der Waals surface area (Å²) >= 11 is 0. The van der Waals surface area contributed by atoms with Gasteiger partial charge in [0.2, 0.25) is 5.91 Å². The Labute approximate surface area is 233 Å². The van der Waals surface area contributed by atoms with E-state index in [1.165, 1.54) is 0 Å². The van der Waals surface area contributed by atoms with Crippen LogP contribution in [0.15, 0.2) is 109 Å². The fourth-order valence-electron chi connectivity index (χ4n) is 7.54. The fraction of sp³-hybridized carbons (Fsp3) is 0.206. The van der Waals surface area contributed by atoms with Gasteiger partial charge in [-0.25, -0.2) is 0 Å². The molecule has 0 aromatic heterocycles. The average Bonchev–Trinajstić information content (AvgIpc) is 3.53. The second-order valence-electron chi connectivity index (χ2n) is 11.0. The second kappa shape index (κ2) is 8.73. The number of benzene rings is 4. The summed E-state index contributed by atoms with van der Waals surface area (Å²) in [7, 11) is 1.75. The number of anilines is 2. The van der Waals surface area contributed by atoms with E-state index in [9.17, 15) is 9.59 Å². The van der Waals surface area contributed by atoms with E-state index in [-0.39, 0.29) is 17.6 Å². The molecule has 1 N–H and O–H groups in total. The van der Waals surface area contributed by atoms with E-state index < -0.39 is 22.9 Å². The number of rotatable bonds is 4. The Bertz CT molecular complexity index is 1670. The van der Waals surface area contributed by atoms with Crippen LogP contribution in [0.4, 0.5) is 11.4 Å². The van der Waals surface area contributed by atoms with Crippen molar-refractivity contribution in [2.24, 2.45) is 5.92 Å². The van der Waals surface area contributed by atoms with Crippen LogP contribution in [0.25, 0.3) is 0 Å². The first-order valence-corrected chi connectivity index (χ1v) is 13.6. The van der Waals surface area contributed by atoms with E-state index in [0.29, 0.717) is 12.1 Å². The molecule has 7 rings (SSSR count). The molecule has 40 heavy (non-hydrogen) atoms. The minimum Gasteiger partial charge on any atom is -0.313 e. The summed E-state index contributed by atoms with van der Waals surface area (Å²) in [6, 6.07) is 34.2. The Morgan fingerprint density at radius 1 is 0.750 bits per heavy atom. The number of nitrogens with zero attached hydrogens (tertiary/aromatic N) is 2. The third kappa shape index (κ3) is 2.94. The molecule has 6 nitrogen and oxygen atoms in total. The summed E-state index contributed by atoms with van der Waals surface area (Å²) in [5.41, 5.74) is 1.76. The maximum atomic E-state index is 15.3. The molecule has 0 saturated carbocycles. The Morgan fingerprint density at radius 3 is 2.00 bits per heavy atom. The molecule has 0 radical (unpaired) electrons. The fourth-order valence-corrected chi connectivity index (χ4v) is 7.54. The molecule has 198 valence electrons. The number of carbonyl (C=O) groups is 3. The van der Waals surface area contributed by atoms with Crippen LogP contribution in [0, 0.1) is 5.92 Å². The van der Waals surface area contributed by atoms with Crippen molar-refractivity contribution >= 4 is 29.0 Å². The van der Waals surface area contributed by atoms with Crippen molar-refractivity contribution in [3.8, 4) is 0 Å². The van der Waals surface area contributed by atoms with Gasteiger partial charge in [0.05, 0.1) is 12.5 Å². The maximum Gasteiger partial charge on any atom is 0.253 e. The number of amides is 2. The van der Waals surface area contributed by atoms with Gasteiger partial charge in [0.1, 0.15) is 16.7 Å². The standard InChI is InChI=1S/C34H29N3O3/c1-22(38)29-30(24-15-7-4-8-16-24)35-34(26-18-10-11-19-27(26)36(2)32(34)40)33(29)25-17-9-12-20-28(25)37(31(33)39)21-23-13-5-3-6-14-23/h3-20,29-30,35H,21H2,1-2H3/t29-,30-,33-,34-/m1/s1. The number of carbonyl (C=O) groups excluding carboxylic acids is 3. The predicted molar refractivity (Wildman–Crippen MR) is 154 cm³/mol. The van der Waals surface area contributed by atoms with E-state index in [1.54, 1.807) is 23.8 Å². The monoisotopic (exact) mass is 527 g/mol. The first-order chi connectivity index (χ1) is 19.4. The molecule has 3 aliphatic rings. The molecule has 2 spiro atoms. The van der Waals surface area contributed by atoms with Crippen molar-refractivity contribution in [3.05, 3.63) is 131 Å². The van der Waals surface area contributed by atoms with Crippen molar-refractivity contribution < 1.29 is 14.4 Å². The second-order valence-corrected chi connectivity index (χ2v) is 11.0. The van der Waals surface area contributed by atoms with Crippen molar-refractivity contribution in [1.29, 1.82) is 0 Å². The van der Waals surface area contributed by atoms with Crippen LogP contribution in [0.2, 0.25) is 0 Å². The van der Waals surface area contributed by atoms with Crippen LogP contribution in [0.1, 0.15) is 35.2 Å². The van der Waals surface area contributed by atoms with E-state index in [2.05, 4.69) is 5.32 Å². The summed E-state index contributed by atoms with van der Waals surface area (Å²) in [5.74, 6) is -1.43. The molecule has 1 fully saturated rings. The average molecular weight is 528 g/mol. The van der Waals surface area contributed by atoms with Crippen molar-refractivity contribution in [1.82, 2.24) is 5.32 Å². The molecule has 3 aliphatic heterocycles.